The second-order valence-electron chi connectivity index (χ2n) is 5.58. The number of hydrogen-bond donors (Lipinski definition) is 1. The summed E-state index contributed by atoms with van der Waals surface area (Å²) in [5, 5.41) is 2.68. The molecule has 2 aromatic carbocycles. The smallest absolute Gasteiger partial charge is 0.251 e. The lowest BCUT2D eigenvalue weighted by atomic mass is 10.2. The van der Waals surface area contributed by atoms with E-state index in [9.17, 15) is 13.6 Å². The summed E-state index contributed by atoms with van der Waals surface area (Å²) in [5.74, 6) is -0.958. The average molecular weight is 345 g/mol. The van der Waals surface area contributed by atoms with Crippen LogP contribution in [0.15, 0.2) is 36.4 Å². The number of carbonyl (C=O) groups is 1. The van der Waals surface area contributed by atoms with Crippen LogP contribution in [0.3, 0.4) is 0 Å². The molecule has 3 rings (SSSR count). The molecule has 130 valence electrons. The van der Waals surface area contributed by atoms with Crippen molar-refractivity contribution < 1.29 is 18.3 Å². The van der Waals surface area contributed by atoms with Gasteiger partial charge in [-0.2, -0.15) is 0 Å². The first kappa shape index (κ1) is 16.9. The Hall–Kier alpha value is -2.96. The molecule has 0 unspecified atom stereocenters. The first-order valence-electron chi connectivity index (χ1n) is 7.72. The summed E-state index contributed by atoms with van der Waals surface area (Å²) in [7, 11) is 3.49. The Bertz CT molecular complexity index is 937. The van der Waals surface area contributed by atoms with E-state index in [0.717, 1.165) is 34.7 Å². The Kier molecular flexibility index (Phi) is 4.65. The number of ether oxygens (including phenoxy) is 1. The Labute approximate surface area is 143 Å². The minimum atomic E-state index is -1.04. The van der Waals surface area contributed by atoms with Crippen LogP contribution >= 0.6 is 0 Å². The number of benzene rings is 2. The first-order chi connectivity index (χ1) is 12.0. The third-order valence-electron chi connectivity index (χ3n) is 4.00. The van der Waals surface area contributed by atoms with Crippen LogP contribution in [0.5, 0.6) is 5.75 Å². The third kappa shape index (κ3) is 3.45. The number of aryl methyl sites for hydroxylation is 1. The van der Waals surface area contributed by atoms with Gasteiger partial charge in [-0.3, -0.25) is 4.79 Å². The number of nitrogens with one attached hydrogen (secondary N) is 1. The van der Waals surface area contributed by atoms with Crippen molar-refractivity contribution in [3.63, 3.8) is 0 Å². The molecule has 1 aromatic heterocycles. The minimum absolute atomic E-state index is 0.0774. The predicted molar refractivity (Wildman–Crippen MR) is 89.7 cm³/mol. The second-order valence-corrected chi connectivity index (χ2v) is 5.58. The van der Waals surface area contributed by atoms with E-state index < -0.39 is 17.5 Å². The van der Waals surface area contributed by atoms with Gasteiger partial charge in [0.1, 0.15) is 11.6 Å². The molecule has 0 radical (unpaired) electrons. The van der Waals surface area contributed by atoms with Gasteiger partial charge in [0.2, 0.25) is 0 Å². The second kappa shape index (κ2) is 6.88. The molecule has 7 heteroatoms. The fraction of sp³-hybridized carbons (Fsp3) is 0.222. The summed E-state index contributed by atoms with van der Waals surface area (Å²) < 4.78 is 33.2. The largest absolute Gasteiger partial charge is 0.497 e. The Balaban J connectivity index is 1.67. The van der Waals surface area contributed by atoms with Crippen LogP contribution < -0.4 is 10.1 Å². The number of amides is 1. The van der Waals surface area contributed by atoms with Gasteiger partial charge in [0.25, 0.3) is 5.91 Å². The van der Waals surface area contributed by atoms with E-state index in [1.807, 2.05) is 29.8 Å². The van der Waals surface area contributed by atoms with Crippen molar-refractivity contribution in [2.24, 2.45) is 7.05 Å². The van der Waals surface area contributed by atoms with Crippen molar-refractivity contribution >= 4 is 16.9 Å². The molecule has 0 spiro atoms. The van der Waals surface area contributed by atoms with Crippen LogP contribution in [0.2, 0.25) is 0 Å². The van der Waals surface area contributed by atoms with Gasteiger partial charge in [-0.25, -0.2) is 13.8 Å². The van der Waals surface area contributed by atoms with E-state index in [4.69, 9.17) is 4.74 Å². The molecule has 1 heterocycles. The molecule has 1 N–H and O–H groups in total. The number of fused-ring (bicyclic) bond motifs is 1. The van der Waals surface area contributed by atoms with Gasteiger partial charge in [0.05, 0.1) is 18.1 Å². The van der Waals surface area contributed by atoms with Crippen LogP contribution in [0.1, 0.15) is 16.2 Å². The Morgan fingerprint density at radius 3 is 2.72 bits per heavy atom. The highest BCUT2D eigenvalue weighted by Crippen LogP contribution is 2.21. The highest BCUT2D eigenvalue weighted by Gasteiger charge is 2.11. The average Bonchev–Trinajstić information content (AvgIpc) is 2.92. The zero-order valence-electron chi connectivity index (χ0n) is 13.8. The molecule has 0 fully saturated rings. The van der Waals surface area contributed by atoms with Crippen LogP contribution in [-0.2, 0) is 13.5 Å². The topological polar surface area (TPSA) is 56.1 Å². The molecule has 0 atom stereocenters. The maximum absolute atomic E-state index is 13.2. The summed E-state index contributed by atoms with van der Waals surface area (Å²) in [6, 6.07) is 8.69. The number of carbonyl (C=O) groups excluding carboxylic acids is 1. The van der Waals surface area contributed by atoms with Crippen molar-refractivity contribution in [2.75, 3.05) is 13.7 Å². The van der Waals surface area contributed by atoms with Gasteiger partial charge in [-0.15, -0.1) is 0 Å². The normalized spacial score (nSPS) is 10.9. The molecular weight excluding hydrogens is 328 g/mol. The predicted octanol–water partition coefficient (Wildman–Crippen LogP) is 2.83. The SMILES string of the molecule is COc1ccc2c(c1)nc(CCNC(=O)c1ccc(F)c(F)c1)n2C. The summed E-state index contributed by atoms with van der Waals surface area (Å²) in [4.78, 5) is 16.5. The molecule has 0 aliphatic heterocycles. The van der Waals surface area contributed by atoms with Gasteiger partial charge in [0, 0.05) is 31.6 Å². The molecule has 25 heavy (non-hydrogen) atoms. The maximum atomic E-state index is 13.2. The van der Waals surface area contributed by atoms with E-state index in [0.29, 0.717) is 13.0 Å². The van der Waals surface area contributed by atoms with Crippen LogP contribution in [-0.4, -0.2) is 29.1 Å². The number of rotatable bonds is 5. The molecule has 0 saturated carbocycles. The standard InChI is InChI=1S/C18H17F2N3O2/c1-23-16-6-4-12(25-2)10-15(16)22-17(23)7-8-21-18(24)11-3-5-13(19)14(20)9-11/h3-6,9-10H,7-8H2,1-2H3,(H,21,24). The van der Waals surface area contributed by atoms with Crippen molar-refractivity contribution in [2.45, 2.75) is 6.42 Å². The molecular formula is C18H17F2N3O2. The Morgan fingerprint density at radius 2 is 2.00 bits per heavy atom. The number of halogens is 2. The van der Waals surface area contributed by atoms with E-state index in [1.165, 1.54) is 6.07 Å². The van der Waals surface area contributed by atoms with Crippen LogP contribution in [0.4, 0.5) is 8.78 Å². The van der Waals surface area contributed by atoms with E-state index in [-0.39, 0.29) is 5.56 Å². The zero-order valence-corrected chi connectivity index (χ0v) is 13.8. The molecule has 0 aliphatic carbocycles. The first-order valence-corrected chi connectivity index (χ1v) is 7.72. The molecule has 1 amide bonds. The number of methoxy groups -OCH3 is 1. The molecule has 0 saturated heterocycles. The highest BCUT2D eigenvalue weighted by molar-refractivity contribution is 5.94. The lowest BCUT2D eigenvalue weighted by Gasteiger charge is -2.06. The summed E-state index contributed by atoms with van der Waals surface area (Å²) in [6.45, 7) is 0.326. The van der Waals surface area contributed by atoms with E-state index in [1.54, 1.807) is 7.11 Å². The Morgan fingerprint density at radius 1 is 1.20 bits per heavy atom. The summed E-state index contributed by atoms with van der Waals surface area (Å²) in [5.41, 5.74) is 1.85. The minimum Gasteiger partial charge on any atom is -0.497 e. The summed E-state index contributed by atoms with van der Waals surface area (Å²) >= 11 is 0. The summed E-state index contributed by atoms with van der Waals surface area (Å²) in [6.07, 6.45) is 0.503. The van der Waals surface area contributed by atoms with Crippen LogP contribution in [0.25, 0.3) is 11.0 Å². The van der Waals surface area contributed by atoms with Crippen molar-refractivity contribution in [3.8, 4) is 5.75 Å². The molecule has 5 nitrogen and oxygen atoms in total. The van der Waals surface area contributed by atoms with Gasteiger partial charge in [-0.05, 0) is 30.3 Å². The molecule has 3 aromatic rings. The number of aromatic nitrogens is 2. The van der Waals surface area contributed by atoms with Crippen molar-refractivity contribution in [1.82, 2.24) is 14.9 Å². The van der Waals surface area contributed by atoms with Gasteiger partial charge >= 0.3 is 0 Å². The molecule has 0 bridgehead atoms. The fourth-order valence-corrected chi connectivity index (χ4v) is 2.61. The van der Waals surface area contributed by atoms with Gasteiger partial charge in [0.15, 0.2) is 11.6 Å². The van der Waals surface area contributed by atoms with Gasteiger partial charge < -0.3 is 14.6 Å². The molecule has 0 aliphatic rings. The highest BCUT2D eigenvalue weighted by atomic mass is 19.2. The van der Waals surface area contributed by atoms with Crippen molar-refractivity contribution in [1.29, 1.82) is 0 Å². The number of imidazole rings is 1. The van der Waals surface area contributed by atoms with Crippen LogP contribution in [0, 0.1) is 11.6 Å². The fourth-order valence-electron chi connectivity index (χ4n) is 2.61. The monoisotopic (exact) mass is 345 g/mol. The van der Waals surface area contributed by atoms with Gasteiger partial charge in [-0.1, -0.05) is 0 Å². The third-order valence-corrected chi connectivity index (χ3v) is 4.00. The number of hydrogen-bond acceptors (Lipinski definition) is 3. The lowest BCUT2D eigenvalue weighted by molar-refractivity contribution is 0.0953. The zero-order chi connectivity index (χ0) is 18.0. The van der Waals surface area contributed by atoms with E-state index >= 15 is 0 Å². The lowest BCUT2D eigenvalue weighted by Crippen LogP contribution is -2.26. The number of nitrogens with zero attached hydrogens (tertiary/aromatic N) is 2. The maximum Gasteiger partial charge on any atom is 0.251 e. The van der Waals surface area contributed by atoms with Crippen molar-refractivity contribution in [3.05, 3.63) is 59.4 Å². The quantitative estimate of drug-likeness (QED) is 0.774. The van der Waals surface area contributed by atoms with E-state index in [2.05, 4.69) is 10.3 Å².